The third-order valence-corrected chi connectivity index (χ3v) is 5.49. The van der Waals surface area contributed by atoms with E-state index in [1.165, 1.54) is 17.4 Å². The van der Waals surface area contributed by atoms with Crippen molar-refractivity contribution < 1.29 is 17.9 Å². The Hall–Kier alpha value is -2.60. The summed E-state index contributed by atoms with van der Waals surface area (Å²) in [5.74, 6) is 0.0318. The highest BCUT2D eigenvalue weighted by Gasteiger charge is 2.32. The fourth-order valence-corrected chi connectivity index (χ4v) is 4.10. The smallest absolute Gasteiger partial charge is 0.262 e. The molecule has 2 aromatic carbocycles. The lowest BCUT2D eigenvalue weighted by atomic mass is 10.1. The standard InChI is InChI=1S/C19H19NO4S/c1-14-7-9-15(10-8-14)20(16-11-12-25(22,23)13-16)19(21)17-5-3-4-6-18(17)24-2/h3-12,16H,13H2,1-2H3. The molecule has 0 bridgehead atoms. The number of aryl methyl sites for hydroxylation is 1. The molecule has 0 radical (unpaired) electrons. The first kappa shape index (κ1) is 17.2. The Morgan fingerprint density at radius 2 is 1.80 bits per heavy atom. The Kier molecular flexibility index (Phi) is 4.63. The first-order valence-corrected chi connectivity index (χ1v) is 9.57. The van der Waals surface area contributed by atoms with E-state index in [2.05, 4.69) is 0 Å². The van der Waals surface area contributed by atoms with Crippen molar-refractivity contribution in [3.05, 3.63) is 71.1 Å². The first-order chi connectivity index (χ1) is 11.9. The first-order valence-electron chi connectivity index (χ1n) is 7.85. The summed E-state index contributed by atoms with van der Waals surface area (Å²) in [6.45, 7) is 1.95. The van der Waals surface area contributed by atoms with Crippen LogP contribution in [-0.4, -0.2) is 33.2 Å². The highest BCUT2D eigenvalue weighted by Crippen LogP contribution is 2.28. The van der Waals surface area contributed by atoms with Gasteiger partial charge in [-0.3, -0.25) is 4.79 Å². The zero-order valence-electron chi connectivity index (χ0n) is 14.0. The molecule has 0 spiro atoms. The predicted octanol–water partition coefficient (Wildman–Crippen LogP) is 2.96. The topological polar surface area (TPSA) is 63.7 Å². The molecule has 2 aromatic rings. The fraction of sp³-hybridized carbons (Fsp3) is 0.211. The number of rotatable bonds is 4. The second kappa shape index (κ2) is 6.72. The second-order valence-corrected chi connectivity index (χ2v) is 7.87. The van der Waals surface area contributed by atoms with Crippen molar-refractivity contribution in [3.8, 4) is 5.75 Å². The number of para-hydroxylation sites is 1. The molecule has 1 aliphatic heterocycles. The molecule has 130 valence electrons. The molecule has 0 saturated carbocycles. The van der Waals surface area contributed by atoms with Crippen LogP contribution in [0.25, 0.3) is 0 Å². The summed E-state index contributed by atoms with van der Waals surface area (Å²) in [4.78, 5) is 14.7. The van der Waals surface area contributed by atoms with E-state index in [0.717, 1.165) is 5.56 Å². The number of hydrogen-bond acceptors (Lipinski definition) is 4. The summed E-state index contributed by atoms with van der Waals surface area (Å²) in [6.07, 6.45) is 1.56. The molecular weight excluding hydrogens is 338 g/mol. The van der Waals surface area contributed by atoms with Crippen LogP contribution in [0.4, 0.5) is 5.69 Å². The number of carbonyl (C=O) groups is 1. The molecule has 6 heteroatoms. The van der Waals surface area contributed by atoms with Crippen LogP contribution >= 0.6 is 0 Å². The minimum atomic E-state index is -3.29. The van der Waals surface area contributed by atoms with Crippen LogP contribution in [0, 0.1) is 6.92 Å². The van der Waals surface area contributed by atoms with Gasteiger partial charge in [0.25, 0.3) is 5.91 Å². The number of benzene rings is 2. The Labute approximate surface area is 147 Å². The monoisotopic (exact) mass is 357 g/mol. The van der Waals surface area contributed by atoms with E-state index in [1.54, 1.807) is 30.3 Å². The van der Waals surface area contributed by atoms with Gasteiger partial charge in [0.2, 0.25) is 0 Å². The molecule has 0 aliphatic carbocycles. The van der Waals surface area contributed by atoms with Crippen LogP contribution in [-0.2, 0) is 9.84 Å². The summed E-state index contributed by atoms with van der Waals surface area (Å²) in [6, 6.07) is 13.8. The average molecular weight is 357 g/mol. The largest absolute Gasteiger partial charge is 0.496 e. The molecule has 5 nitrogen and oxygen atoms in total. The lowest BCUT2D eigenvalue weighted by Crippen LogP contribution is -2.41. The minimum Gasteiger partial charge on any atom is -0.496 e. The third-order valence-electron chi connectivity index (χ3n) is 4.11. The van der Waals surface area contributed by atoms with Crippen molar-refractivity contribution in [2.24, 2.45) is 0 Å². The van der Waals surface area contributed by atoms with Crippen LogP contribution in [0.5, 0.6) is 5.75 Å². The quantitative estimate of drug-likeness (QED) is 0.844. The highest BCUT2D eigenvalue weighted by molar-refractivity contribution is 7.94. The van der Waals surface area contributed by atoms with Crippen molar-refractivity contribution in [2.75, 3.05) is 17.8 Å². The minimum absolute atomic E-state index is 0.123. The number of anilines is 1. The lowest BCUT2D eigenvalue weighted by molar-refractivity contribution is 0.0980. The third kappa shape index (κ3) is 3.58. The zero-order valence-corrected chi connectivity index (χ0v) is 14.9. The van der Waals surface area contributed by atoms with Crippen molar-refractivity contribution in [1.29, 1.82) is 0 Å². The maximum Gasteiger partial charge on any atom is 0.262 e. The molecule has 0 N–H and O–H groups in total. The van der Waals surface area contributed by atoms with Gasteiger partial charge in [-0.15, -0.1) is 0 Å². The van der Waals surface area contributed by atoms with Crippen LogP contribution in [0.1, 0.15) is 15.9 Å². The van der Waals surface area contributed by atoms with Crippen molar-refractivity contribution in [1.82, 2.24) is 0 Å². The Morgan fingerprint density at radius 3 is 2.40 bits per heavy atom. The summed E-state index contributed by atoms with van der Waals surface area (Å²) < 4.78 is 29.0. The van der Waals surface area contributed by atoms with Gasteiger partial charge in [-0.1, -0.05) is 29.8 Å². The molecule has 25 heavy (non-hydrogen) atoms. The van der Waals surface area contributed by atoms with Crippen molar-refractivity contribution >= 4 is 21.4 Å². The van der Waals surface area contributed by atoms with Gasteiger partial charge < -0.3 is 9.64 Å². The molecule has 0 aromatic heterocycles. The molecule has 0 fully saturated rings. The lowest BCUT2D eigenvalue weighted by Gasteiger charge is -2.28. The predicted molar refractivity (Wildman–Crippen MR) is 97.7 cm³/mol. The second-order valence-electron chi connectivity index (χ2n) is 5.94. The van der Waals surface area contributed by atoms with Gasteiger partial charge in [0.05, 0.1) is 24.5 Å². The molecular formula is C19H19NO4S. The molecule has 0 saturated heterocycles. The Morgan fingerprint density at radius 1 is 1.12 bits per heavy atom. The van der Waals surface area contributed by atoms with Crippen LogP contribution in [0.2, 0.25) is 0 Å². The van der Waals surface area contributed by atoms with E-state index in [4.69, 9.17) is 4.74 Å². The maximum absolute atomic E-state index is 13.2. The van der Waals surface area contributed by atoms with Crippen molar-refractivity contribution in [3.63, 3.8) is 0 Å². The highest BCUT2D eigenvalue weighted by atomic mass is 32.2. The van der Waals surface area contributed by atoms with Gasteiger partial charge >= 0.3 is 0 Å². The van der Waals surface area contributed by atoms with Crippen LogP contribution in [0.3, 0.4) is 0 Å². The normalized spacial score (nSPS) is 18.1. The number of ether oxygens (including phenoxy) is 1. The zero-order chi connectivity index (χ0) is 18.0. The van der Waals surface area contributed by atoms with Gasteiger partial charge in [0.1, 0.15) is 5.75 Å². The molecule has 1 atom stereocenters. The number of hydrogen-bond donors (Lipinski definition) is 0. The summed E-state index contributed by atoms with van der Waals surface area (Å²) in [5.41, 5.74) is 2.10. The van der Waals surface area contributed by atoms with E-state index >= 15 is 0 Å². The molecule has 3 rings (SSSR count). The Balaban J connectivity index is 2.06. The number of nitrogens with zero attached hydrogens (tertiary/aromatic N) is 1. The number of carbonyl (C=O) groups excluding carboxylic acids is 1. The van der Waals surface area contributed by atoms with E-state index in [-0.39, 0.29) is 11.7 Å². The van der Waals surface area contributed by atoms with E-state index in [0.29, 0.717) is 17.0 Å². The van der Waals surface area contributed by atoms with Gasteiger partial charge in [-0.25, -0.2) is 8.42 Å². The van der Waals surface area contributed by atoms with Crippen LogP contribution < -0.4 is 9.64 Å². The van der Waals surface area contributed by atoms with E-state index in [1.807, 2.05) is 31.2 Å². The molecule has 1 aliphatic rings. The maximum atomic E-state index is 13.2. The molecule has 1 amide bonds. The summed E-state index contributed by atoms with van der Waals surface area (Å²) in [7, 11) is -1.79. The summed E-state index contributed by atoms with van der Waals surface area (Å²) in [5, 5.41) is 1.17. The summed E-state index contributed by atoms with van der Waals surface area (Å²) >= 11 is 0. The van der Waals surface area contributed by atoms with Gasteiger partial charge in [0.15, 0.2) is 9.84 Å². The molecule has 1 unspecified atom stereocenters. The van der Waals surface area contributed by atoms with E-state index in [9.17, 15) is 13.2 Å². The van der Waals surface area contributed by atoms with Gasteiger partial charge in [-0.05, 0) is 37.3 Å². The van der Waals surface area contributed by atoms with Crippen LogP contribution in [0.15, 0.2) is 60.0 Å². The van der Waals surface area contributed by atoms with Crippen molar-refractivity contribution in [2.45, 2.75) is 13.0 Å². The number of sulfone groups is 1. The van der Waals surface area contributed by atoms with Gasteiger partial charge in [0, 0.05) is 11.1 Å². The SMILES string of the molecule is COc1ccccc1C(=O)N(c1ccc(C)cc1)C1C=CS(=O)(=O)C1. The van der Waals surface area contributed by atoms with E-state index < -0.39 is 15.9 Å². The number of amides is 1. The fourth-order valence-electron chi connectivity index (χ4n) is 2.84. The molecule has 1 heterocycles. The average Bonchev–Trinajstić information content (AvgIpc) is 2.96. The van der Waals surface area contributed by atoms with Gasteiger partial charge in [-0.2, -0.15) is 0 Å². The number of methoxy groups -OCH3 is 1. The Bertz CT molecular complexity index is 917.